The Morgan fingerprint density at radius 3 is 2.21 bits per heavy atom. The Labute approximate surface area is 164 Å². The standard InChI is InChI=1S/C23H15F5O/c1-2-3-4-16-12-21(24)20(22(25)13-16)10-6-15-5-7-18-14-19(29-23(26,27)28)9-8-17(18)11-15/h2,5,7-9,11-14H,1,3-4H2. The van der Waals surface area contributed by atoms with Gasteiger partial charge in [0.05, 0.1) is 5.56 Å². The highest BCUT2D eigenvalue weighted by atomic mass is 19.4. The molecule has 6 heteroatoms. The summed E-state index contributed by atoms with van der Waals surface area (Å²) in [5.41, 5.74) is 0.658. The van der Waals surface area contributed by atoms with Crippen molar-refractivity contribution in [3.8, 4) is 17.6 Å². The molecule has 1 nitrogen and oxygen atoms in total. The van der Waals surface area contributed by atoms with Crippen molar-refractivity contribution in [1.82, 2.24) is 0 Å². The van der Waals surface area contributed by atoms with Gasteiger partial charge in [0.25, 0.3) is 0 Å². The molecule has 0 bridgehead atoms. The summed E-state index contributed by atoms with van der Waals surface area (Å²) in [6, 6.07) is 11.1. The van der Waals surface area contributed by atoms with E-state index in [1.807, 2.05) is 0 Å². The first-order chi connectivity index (χ1) is 13.7. The second kappa shape index (κ2) is 8.36. The van der Waals surface area contributed by atoms with Gasteiger partial charge in [0, 0.05) is 5.56 Å². The number of aryl methyl sites for hydroxylation is 1. The quantitative estimate of drug-likeness (QED) is 0.274. The summed E-state index contributed by atoms with van der Waals surface area (Å²) < 4.78 is 69.2. The first-order valence-corrected chi connectivity index (χ1v) is 8.65. The lowest BCUT2D eigenvalue weighted by Crippen LogP contribution is -2.16. The molecule has 3 aromatic carbocycles. The fourth-order valence-corrected chi connectivity index (χ4v) is 2.79. The largest absolute Gasteiger partial charge is 0.573 e. The number of allylic oxidation sites excluding steroid dienone is 1. The van der Waals surface area contributed by atoms with E-state index in [9.17, 15) is 22.0 Å². The maximum atomic E-state index is 14.2. The molecule has 0 atom stereocenters. The van der Waals surface area contributed by atoms with Gasteiger partial charge in [-0.2, -0.15) is 0 Å². The topological polar surface area (TPSA) is 9.23 Å². The summed E-state index contributed by atoms with van der Waals surface area (Å²) in [4.78, 5) is 0. The van der Waals surface area contributed by atoms with Crippen LogP contribution >= 0.6 is 0 Å². The minimum Gasteiger partial charge on any atom is -0.406 e. The minimum absolute atomic E-state index is 0.329. The van der Waals surface area contributed by atoms with Crippen molar-refractivity contribution in [2.24, 2.45) is 0 Å². The average Bonchev–Trinajstić information content (AvgIpc) is 2.64. The predicted molar refractivity (Wildman–Crippen MR) is 101 cm³/mol. The van der Waals surface area contributed by atoms with Crippen LogP contribution in [-0.2, 0) is 6.42 Å². The summed E-state index contributed by atoms with van der Waals surface area (Å²) in [6.07, 6.45) is -2.01. The molecule has 0 unspecified atom stereocenters. The van der Waals surface area contributed by atoms with Gasteiger partial charge in [-0.15, -0.1) is 19.8 Å². The first kappa shape index (κ1) is 20.4. The van der Waals surface area contributed by atoms with Gasteiger partial charge in [-0.25, -0.2) is 8.78 Å². The molecule has 0 aliphatic carbocycles. The van der Waals surface area contributed by atoms with Crippen LogP contribution in [0.3, 0.4) is 0 Å². The van der Waals surface area contributed by atoms with E-state index >= 15 is 0 Å². The summed E-state index contributed by atoms with van der Waals surface area (Å²) >= 11 is 0. The van der Waals surface area contributed by atoms with Crippen LogP contribution in [0.5, 0.6) is 5.75 Å². The highest BCUT2D eigenvalue weighted by Gasteiger charge is 2.31. The van der Waals surface area contributed by atoms with Crippen molar-refractivity contribution in [2.75, 3.05) is 0 Å². The summed E-state index contributed by atoms with van der Waals surface area (Å²) in [5.74, 6) is 3.37. The Bertz CT molecular complexity index is 1100. The number of ether oxygens (including phenoxy) is 1. The van der Waals surface area contributed by atoms with Crippen LogP contribution in [-0.4, -0.2) is 6.36 Å². The van der Waals surface area contributed by atoms with Gasteiger partial charge in [-0.05, 0) is 65.6 Å². The van der Waals surface area contributed by atoms with Crippen LogP contribution < -0.4 is 4.74 Å². The number of hydrogen-bond acceptors (Lipinski definition) is 1. The zero-order chi connectivity index (χ0) is 21.0. The van der Waals surface area contributed by atoms with Crippen molar-refractivity contribution in [2.45, 2.75) is 19.2 Å². The SMILES string of the molecule is C=CCCc1cc(F)c(C#Cc2ccc3cc(OC(F)(F)F)ccc3c2)c(F)c1. The molecule has 0 heterocycles. The average molecular weight is 402 g/mol. The van der Waals surface area contributed by atoms with Crippen LogP contribution in [0, 0.1) is 23.5 Å². The Morgan fingerprint density at radius 2 is 1.55 bits per heavy atom. The molecule has 0 amide bonds. The molecule has 29 heavy (non-hydrogen) atoms. The van der Waals surface area contributed by atoms with E-state index in [1.54, 1.807) is 24.3 Å². The Hall–Kier alpha value is -3.33. The van der Waals surface area contributed by atoms with Crippen molar-refractivity contribution in [1.29, 1.82) is 0 Å². The summed E-state index contributed by atoms with van der Waals surface area (Å²) in [7, 11) is 0. The van der Waals surface area contributed by atoms with Gasteiger partial charge in [-0.3, -0.25) is 0 Å². The molecule has 0 aliphatic heterocycles. The van der Waals surface area contributed by atoms with E-state index < -0.39 is 18.0 Å². The molecule has 0 fully saturated rings. The fraction of sp³-hybridized carbons (Fsp3) is 0.130. The van der Waals surface area contributed by atoms with Gasteiger partial charge in [0.1, 0.15) is 17.4 Å². The maximum absolute atomic E-state index is 14.2. The summed E-state index contributed by atoms with van der Waals surface area (Å²) in [5, 5.41) is 1.13. The van der Waals surface area contributed by atoms with E-state index in [0.717, 1.165) is 0 Å². The summed E-state index contributed by atoms with van der Waals surface area (Å²) in [6.45, 7) is 3.58. The van der Waals surface area contributed by atoms with Crippen molar-refractivity contribution in [3.63, 3.8) is 0 Å². The molecule has 3 aromatic rings. The molecular weight excluding hydrogens is 387 g/mol. The second-order valence-corrected chi connectivity index (χ2v) is 6.28. The molecule has 148 valence electrons. The predicted octanol–water partition coefficient (Wildman–Crippen LogP) is 6.54. The third kappa shape index (κ3) is 5.35. The maximum Gasteiger partial charge on any atom is 0.573 e. The molecule has 0 saturated carbocycles. The molecule has 0 spiro atoms. The van der Waals surface area contributed by atoms with Crippen molar-refractivity contribution in [3.05, 3.63) is 89.5 Å². The van der Waals surface area contributed by atoms with Gasteiger partial charge in [-0.1, -0.05) is 30.0 Å². The van der Waals surface area contributed by atoms with Gasteiger partial charge in [0.15, 0.2) is 0 Å². The van der Waals surface area contributed by atoms with Gasteiger partial charge < -0.3 is 4.74 Å². The molecule has 0 aliphatic rings. The number of benzene rings is 3. The van der Waals surface area contributed by atoms with Crippen LogP contribution in [0.15, 0.2) is 61.2 Å². The first-order valence-electron chi connectivity index (χ1n) is 8.65. The van der Waals surface area contributed by atoms with E-state index in [4.69, 9.17) is 0 Å². The smallest absolute Gasteiger partial charge is 0.406 e. The number of hydrogen-bond donors (Lipinski definition) is 0. The zero-order valence-electron chi connectivity index (χ0n) is 15.1. The third-order valence-corrected chi connectivity index (χ3v) is 4.12. The molecule has 0 aromatic heterocycles. The second-order valence-electron chi connectivity index (χ2n) is 6.28. The van der Waals surface area contributed by atoms with Crippen molar-refractivity contribution < 1.29 is 26.7 Å². The highest BCUT2D eigenvalue weighted by Crippen LogP contribution is 2.27. The molecule has 3 rings (SSSR count). The molecule has 0 saturated heterocycles. The number of halogens is 5. The van der Waals surface area contributed by atoms with E-state index in [2.05, 4.69) is 23.2 Å². The zero-order valence-corrected chi connectivity index (χ0v) is 15.1. The molecule has 0 N–H and O–H groups in total. The normalized spacial score (nSPS) is 11.1. The van der Waals surface area contributed by atoms with E-state index in [0.29, 0.717) is 34.7 Å². The van der Waals surface area contributed by atoms with Crippen LogP contribution in [0.4, 0.5) is 22.0 Å². The van der Waals surface area contributed by atoms with Crippen LogP contribution in [0.1, 0.15) is 23.1 Å². The van der Waals surface area contributed by atoms with Crippen LogP contribution in [0.25, 0.3) is 10.8 Å². The minimum atomic E-state index is -4.77. The fourth-order valence-electron chi connectivity index (χ4n) is 2.79. The molecule has 0 radical (unpaired) electrons. The van der Waals surface area contributed by atoms with Crippen molar-refractivity contribution >= 4 is 10.8 Å². The van der Waals surface area contributed by atoms with E-state index in [1.165, 1.54) is 30.3 Å². The van der Waals surface area contributed by atoms with Gasteiger partial charge in [0.2, 0.25) is 0 Å². The Balaban J connectivity index is 1.87. The monoisotopic (exact) mass is 402 g/mol. The Kier molecular flexibility index (Phi) is 5.88. The number of alkyl halides is 3. The third-order valence-electron chi connectivity index (χ3n) is 4.12. The highest BCUT2D eigenvalue weighted by molar-refractivity contribution is 5.85. The molecular formula is C23H15F5O. The lowest BCUT2D eigenvalue weighted by atomic mass is 10.0. The lowest BCUT2D eigenvalue weighted by Gasteiger charge is -2.09. The number of fused-ring (bicyclic) bond motifs is 1. The van der Waals surface area contributed by atoms with Crippen LogP contribution in [0.2, 0.25) is 0 Å². The van der Waals surface area contributed by atoms with E-state index in [-0.39, 0.29) is 11.3 Å². The Morgan fingerprint density at radius 1 is 0.897 bits per heavy atom. The van der Waals surface area contributed by atoms with Gasteiger partial charge >= 0.3 is 6.36 Å². The lowest BCUT2D eigenvalue weighted by molar-refractivity contribution is -0.274. The number of rotatable bonds is 4.